The molecule has 0 N–H and O–H groups in total. The van der Waals surface area contributed by atoms with Crippen LogP contribution in [-0.4, -0.2) is 19.8 Å². The van der Waals surface area contributed by atoms with Crippen LogP contribution in [0.15, 0.2) is 24.3 Å². The summed E-state index contributed by atoms with van der Waals surface area (Å²) < 4.78 is 10.7. The molecule has 0 radical (unpaired) electrons. The lowest BCUT2D eigenvalue weighted by atomic mass is 10.1. The minimum absolute atomic E-state index is 0.215. The third-order valence-electron chi connectivity index (χ3n) is 2.07. The van der Waals surface area contributed by atoms with Gasteiger partial charge in [0, 0.05) is 13.5 Å². The van der Waals surface area contributed by atoms with E-state index in [-0.39, 0.29) is 6.10 Å². The summed E-state index contributed by atoms with van der Waals surface area (Å²) >= 11 is 0. The number of methoxy groups -OCH3 is 1. The number of benzene rings is 1. The van der Waals surface area contributed by atoms with E-state index in [1.165, 1.54) is 5.56 Å². The fourth-order valence-electron chi connectivity index (χ4n) is 1.53. The molecule has 1 aliphatic rings. The van der Waals surface area contributed by atoms with Gasteiger partial charge in [-0.05, 0) is 11.6 Å². The highest BCUT2D eigenvalue weighted by atomic mass is 16.5. The predicted octanol–water partition coefficient (Wildman–Crippen LogP) is 1.64. The molecule has 1 aromatic carbocycles. The zero-order valence-electron chi connectivity index (χ0n) is 7.12. The van der Waals surface area contributed by atoms with Gasteiger partial charge < -0.3 is 9.47 Å². The van der Waals surface area contributed by atoms with Gasteiger partial charge in [0.1, 0.15) is 11.9 Å². The first kappa shape index (κ1) is 7.62. The average Bonchev–Trinajstić information content (AvgIpc) is 2.47. The largest absolute Gasteiger partial charge is 0.487 e. The van der Waals surface area contributed by atoms with Gasteiger partial charge >= 0.3 is 0 Å². The van der Waals surface area contributed by atoms with Gasteiger partial charge in [0.05, 0.1) is 6.61 Å². The Morgan fingerprint density at radius 1 is 1.50 bits per heavy atom. The van der Waals surface area contributed by atoms with Gasteiger partial charge in [-0.3, -0.25) is 0 Å². The predicted molar refractivity (Wildman–Crippen MR) is 46.4 cm³/mol. The summed E-state index contributed by atoms with van der Waals surface area (Å²) in [5.41, 5.74) is 1.29. The van der Waals surface area contributed by atoms with Crippen molar-refractivity contribution in [2.45, 2.75) is 12.5 Å². The van der Waals surface area contributed by atoms with Gasteiger partial charge in [-0.2, -0.15) is 0 Å². The number of fused-ring (bicyclic) bond motifs is 1. The van der Waals surface area contributed by atoms with Crippen LogP contribution in [0.4, 0.5) is 0 Å². The molecular weight excluding hydrogens is 152 g/mol. The molecule has 1 atom stereocenters. The molecule has 0 fully saturated rings. The van der Waals surface area contributed by atoms with E-state index in [0.717, 1.165) is 12.2 Å². The Bertz CT molecular complexity index is 245. The second-order valence-electron chi connectivity index (χ2n) is 3.01. The Balaban J connectivity index is 2.11. The van der Waals surface area contributed by atoms with E-state index in [2.05, 4.69) is 6.07 Å². The second-order valence-corrected chi connectivity index (χ2v) is 3.01. The maximum absolute atomic E-state index is 5.62. The van der Waals surface area contributed by atoms with Gasteiger partial charge in [0.2, 0.25) is 0 Å². The Kier molecular flexibility index (Phi) is 2.00. The molecule has 2 nitrogen and oxygen atoms in total. The first-order chi connectivity index (χ1) is 5.90. The van der Waals surface area contributed by atoms with E-state index in [9.17, 15) is 0 Å². The maximum atomic E-state index is 5.62. The summed E-state index contributed by atoms with van der Waals surface area (Å²) in [6, 6.07) is 8.14. The molecule has 0 amide bonds. The highest BCUT2D eigenvalue weighted by Crippen LogP contribution is 2.27. The molecule has 0 saturated carbocycles. The molecule has 2 heteroatoms. The lowest BCUT2D eigenvalue weighted by Gasteiger charge is -2.07. The van der Waals surface area contributed by atoms with Crippen LogP contribution in [0.5, 0.6) is 5.75 Å². The van der Waals surface area contributed by atoms with Crippen molar-refractivity contribution in [1.29, 1.82) is 0 Å². The van der Waals surface area contributed by atoms with E-state index >= 15 is 0 Å². The summed E-state index contributed by atoms with van der Waals surface area (Å²) in [5.74, 6) is 1.01. The lowest BCUT2D eigenvalue weighted by Crippen LogP contribution is -2.19. The van der Waals surface area contributed by atoms with Gasteiger partial charge in [-0.15, -0.1) is 0 Å². The summed E-state index contributed by atoms with van der Waals surface area (Å²) in [7, 11) is 1.70. The summed E-state index contributed by atoms with van der Waals surface area (Å²) in [4.78, 5) is 0. The molecular formula is C10H12O2. The Morgan fingerprint density at radius 3 is 3.08 bits per heavy atom. The Labute approximate surface area is 72.1 Å². The topological polar surface area (TPSA) is 18.5 Å². The minimum Gasteiger partial charge on any atom is -0.487 e. The number of para-hydroxylation sites is 1. The van der Waals surface area contributed by atoms with Crippen molar-refractivity contribution in [1.82, 2.24) is 0 Å². The van der Waals surface area contributed by atoms with Crippen LogP contribution >= 0.6 is 0 Å². The molecule has 12 heavy (non-hydrogen) atoms. The van der Waals surface area contributed by atoms with Crippen LogP contribution in [0, 0.1) is 0 Å². The number of hydrogen-bond donors (Lipinski definition) is 0. The monoisotopic (exact) mass is 164 g/mol. The molecule has 64 valence electrons. The molecule has 0 aromatic heterocycles. The number of hydrogen-bond acceptors (Lipinski definition) is 2. The Morgan fingerprint density at radius 2 is 2.33 bits per heavy atom. The molecule has 0 unspecified atom stereocenters. The normalized spacial score (nSPS) is 20.2. The van der Waals surface area contributed by atoms with Crippen LogP contribution in [0.3, 0.4) is 0 Å². The zero-order valence-corrected chi connectivity index (χ0v) is 7.12. The van der Waals surface area contributed by atoms with E-state index < -0.39 is 0 Å². The molecule has 0 saturated heterocycles. The first-order valence-electron chi connectivity index (χ1n) is 4.13. The fraction of sp³-hybridized carbons (Fsp3) is 0.400. The van der Waals surface area contributed by atoms with E-state index in [4.69, 9.17) is 9.47 Å². The lowest BCUT2D eigenvalue weighted by molar-refractivity contribution is 0.0951. The van der Waals surface area contributed by atoms with Gasteiger partial charge in [-0.25, -0.2) is 0 Å². The van der Waals surface area contributed by atoms with Gasteiger partial charge in [-0.1, -0.05) is 18.2 Å². The van der Waals surface area contributed by atoms with Crippen molar-refractivity contribution >= 4 is 0 Å². The Hall–Kier alpha value is -1.02. The summed E-state index contributed by atoms with van der Waals surface area (Å²) in [5, 5.41) is 0. The van der Waals surface area contributed by atoms with E-state index in [1.807, 2.05) is 18.2 Å². The number of ether oxygens (including phenoxy) is 2. The van der Waals surface area contributed by atoms with E-state index in [1.54, 1.807) is 7.11 Å². The molecule has 0 bridgehead atoms. The van der Waals surface area contributed by atoms with Crippen LogP contribution in [-0.2, 0) is 11.2 Å². The minimum atomic E-state index is 0.215. The van der Waals surface area contributed by atoms with Crippen molar-refractivity contribution in [2.24, 2.45) is 0 Å². The average molecular weight is 164 g/mol. The molecule has 2 rings (SSSR count). The van der Waals surface area contributed by atoms with Crippen molar-refractivity contribution in [3.8, 4) is 5.75 Å². The molecule has 0 aliphatic carbocycles. The van der Waals surface area contributed by atoms with Crippen LogP contribution in [0.2, 0.25) is 0 Å². The molecule has 0 spiro atoms. The molecule has 1 heterocycles. The maximum Gasteiger partial charge on any atom is 0.126 e. The first-order valence-corrected chi connectivity index (χ1v) is 4.13. The van der Waals surface area contributed by atoms with Crippen LogP contribution in [0.1, 0.15) is 5.56 Å². The summed E-state index contributed by atoms with van der Waals surface area (Å²) in [6.45, 7) is 0.675. The van der Waals surface area contributed by atoms with Crippen molar-refractivity contribution < 1.29 is 9.47 Å². The summed E-state index contributed by atoms with van der Waals surface area (Å²) in [6.07, 6.45) is 1.19. The van der Waals surface area contributed by atoms with Crippen LogP contribution in [0.25, 0.3) is 0 Å². The highest BCUT2D eigenvalue weighted by Gasteiger charge is 2.21. The smallest absolute Gasteiger partial charge is 0.126 e. The standard InChI is InChI=1S/C10H12O2/c1-11-7-9-6-8-4-2-3-5-10(8)12-9/h2-5,9H,6-7H2,1H3/t9-/m1/s1. The zero-order chi connectivity index (χ0) is 8.39. The fourth-order valence-corrected chi connectivity index (χ4v) is 1.53. The van der Waals surface area contributed by atoms with Gasteiger partial charge in [0.15, 0.2) is 0 Å². The SMILES string of the molecule is COC[C@H]1Cc2ccccc2O1. The third-order valence-corrected chi connectivity index (χ3v) is 2.07. The van der Waals surface area contributed by atoms with Crippen molar-refractivity contribution in [3.63, 3.8) is 0 Å². The van der Waals surface area contributed by atoms with Crippen molar-refractivity contribution in [3.05, 3.63) is 29.8 Å². The van der Waals surface area contributed by atoms with Crippen molar-refractivity contribution in [2.75, 3.05) is 13.7 Å². The molecule has 1 aromatic rings. The molecule has 1 aliphatic heterocycles. The quantitative estimate of drug-likeness (QED) is 0.661. The highest BCUT2D eigenvalue weighted by molar-refractivity contribution is 5.37. The second kappa shape index (κ2) is 3.15. The van der Waals surface area contributed by atoms with Gasteiger partial charge in [0.25, 0.3) is 0 Å². The van der Waals surface area contributed by atoms with E-state index in [0.29, 0.717) is 6.61 Å². The third kappa shape index (κ3) is 1.30. The van der Waals surface area contributed by atoms with Crippen LogP contribution < -0.4 is 4.74 Å². The number of rotatable bonds is 2.